The van der Waals surface area contributed by atoms with Gasteiger partial charge in [0.15, 0.2) is 0 Å². The van der Waals surface area contributed by atoms with Crippen LogP contribution < -0.4 is 10.5 Å². The molecule has 1 atom stereocenters. The molecule has 0 aromatic heterocycles. The van der Waals surface area contributed by atoms with Gasteiger partial charge in [-0.3, -0.25) is 0 Å². The summed E-state index contributed by atoms with van der Waals surface area (Å²) in [4.78, 5) is 0. The molecule has 0 unspecified atom stereocenters. The lowest BCUT2D eigenvalue weighted by Gasteiger charge is -2.12. The summed E-state index contributed by atoms with van der Waals surface area (Å²) < 4.78 is 18.8. The SMILES string of the molecule is C[C@H](N)c1ccc(OCc2cc(F)ccc2C#N)c(Cl)c1. The molecule has 0 aliphatic carbocycles. The molecular formula is C16H14ClFN2O. The van der Waals surface area contributed by atoms with E-state index in [0.29, 0.717) is 21.9 Å². The van der Waals surface area contributed by atoms with E-state index in [2.05, 4.69) is 0 Å². The first-order valence-corrected chi connectivity index (χ1v) is 6.75. The number of benzene rings is 2. The monoisotopic (exact) mass is 304 g/mol. The van der Waals surface area contributed by atoms with Crippen molar-refractivity contribution in [1.82, 2.24) is 0 Å². The Kier molecular flexibility index (Phi) is 4.79. The molecule has 0 spiro atoms. The highest BCUT2D eigenvalue weighted by Gasteiger charge is 2.09. The number of hydrogen-bond acceptors (Lipinski definition) is 3. The van der Waals surface area contributed by atoms with Crippen molar-refractivity contribution in [3.63, 3.8) is 0 Å². The van der Waals surface area contributed by atoms with Crippen LogP contribution >= 0.6 is 11.6 Å². The molecule has 0 saturated carbocycles. The summed E-state index contributed by atoms with van der Waals surface area (Å²) in [5, 5.41) is 9.42. The quantitative estimate of drug-likeness (QED) is 0.930. The molecular weight excluding hydrogens is 291 g/mol. The van der Waals surface area contributed by atoms with Crippen molar-refractivity contribution in [3.05, 3.63) is 63.9 Å². The first-order valence-electron chi connectivity index (χ1n) is 6.37. The molecule has 0 aliphatic rings. The third-order valence-corrected chi connectivity index (χ3v) is 3.35. The average Bonchev–Trinajstić information content (AvgIpc) is 2.46. The van der Waals surface area contributed by atoms with Gasteiger partial charge < -0.3 is 10.5 Å². The Morgan fingerprint density at radius 3 is 2.71 bits per heavy atom. The van der Waals surface area contributed by atoms with Crippen molar-refractivity contribution >= 4 is 11.6 Å². The zero-order valence-corrected chi connectivity index (χ0v) is 12.2. The van der Waals surface area contributed by atoms with Gasteiger partial charge in [0.1, 0.15) is 18.2 Å². The van der Waals surface area contributed by atoms with Crippen molar-refractivity contribution in [1.29, 1.82) is 5.26 Å². The normalized spacial score (nSPS) is 11.8. The van der Waals surface area contributed by atoms with E-state index in [-0.39, 0.29) is 12.6 Å². The van der Waals surface area contributed by atoms with Crippen molar-refractivity contribution in [3.8, 4) is 11.8 Å². The number of nitriles is 1. The summed E-state index contributed by atoms with van der Waals surface area (Å²) in [5.41, 5.74) is 7.53. The van der Waals surface area contributed by atoms with Crippen LogP contribution in [0.5, 0.6) is 5.75 Å². The minimum absolute atomic E-state index is 0.0674. The zero-order chi connectivity index (χ0) is 15.4. The van der Waals surface area contributed by atoms with Crippen LogP contribution in [0.2, 0.25) is 5.02 Å². The second kappa shape index (κ2) is 6.57. The molecule has 0 bridgehead atoms. The van der Waals surface area contributed by atoms with Crippen LogP contribution in [-0.4, -0.2) is 0 Å². The molecule has 5 heteroatoms. The zero-order valence-electron chi connectivity index (χ0n) is 11.4. The van der Waals surface area contributed by atoms with Gasteiger partial charge in [0.25, 0.3) is 0 Å². The molecule has 0 heterocycles. The van der Waals surface area contributed by atoms with Crippen molar-refractivity contribution in [2.24, 2.45) is 5.73 Å². The molecule has 0 amide bonds. The van der Waals surface area contributed by atoms with Crippen LogP contribution in [0.4, 0.5) is 4.39 Å². The topological polar surface area (TPSA) is 59.0 Å². The molecule has 0 aliphatic heterocycles. The molecule has 0 saturated heterocycles. The average molecular weight is 305 g/mol. The molecule has 2 rings (SSSR count). The summed E-state index contributed by atoms with van der Waals surface area (Å²) in [6.45, 7) is 1.93. The third kappa shape index (κ3) is 3.72. The highest BCUT2D eigenvalue weighted by molar-refractivity contribution is 6.32. The fourth-order valence-corrected chi connectivity index (χ4v) is 2.11. The predicted octanol–water partition coefficient (Wildman–Crippen LogP) is 3.95. The van der Waals surface area contributed by atoms with E-state index in [1.165, 1.54) is 18.2 Å². The first kappa shape index (κ1) is 15.3. The molecule has 2 aromatic rings. The molecule has 108 valence electrons. The summed E-state index contributed by atoms with van der Waals surface area (Å²) in [7, 11) is 0. The second-order valence-electron chi connectivity index (χ2n) is 4.68. The largest absolute Gasteiger partial charge is 0.487 e. The summed E-state index contributed by atoms with van der Waals surface area (Å²) >= 11 is 6.12. The second-order valence-corrected chi connectivity index (χ2v) is 5.09. The minimum atomic E-state index is -0.411. The van der Waals surface area contributed by atoms with Gasteiger partial charge in [-0.25, -0.2) is 4.39 Å². The summed E-state index contributed by atoms with van der Waals surface area (Å²) in [6, 6.07) is 11.1. The van der Waals surface area contributed by atoms with Gasteiger partial charge in [0.05, 0.1) is 16.7 Å². The van der Waals surface area contributed by atoms with E-state index in [4.69, 9.17) is 27.3 Å². The Labute approximate surface area is 127 Å². The maximum Gasteiger partial charge on any atom is 0.138 e. The molecule has 2 N–H and O–H groups in total. The molecule has 0 radical (unpaired) electrons. The van der Waals surface area contributed by atoms with Crippen molar-refractivity contribution in [2.45, 2.75) is 19.6 Å². The Morgan fingerprint density at radius 2 is 2.10 bits per heavy atom. The third-order valence-electron chi connectivity index (χ3n) is 3.05. The van der Waals surface area contributed by atoms with Gasteiger partial charge in [-0.15, -0.1) is 0 Å². The Hall–Kier alpha value is -2.09. The van der Waals surface area contributed by atoms with E-state index < -0.39 is 5.82 Å². The van der Waals surface area contributed by atoms with Crippen LogP contribution in [-0.2, 0) is 6.61 Å². The van der Waals surface area contributed by atoms with Crippen LogP contribution in [0.15, 0.2) is 36.4 Å². The lowest BCUT2D eigenvalue weighted by molar-refractivity contribution is 0.305. The van der Waals surface area contributed by atoms with Gasteiger partial charge in [0, 0.05) is 11.6 Å². The van der Waals surface area contributed by atoms with Gasteiger partial charge in [-0.05, 0) is 42.8 Å². The smallest absolute Gasteiger partial charge is 0.138 e. The van der Waals surface area contributed by atoms with Crippen LogP contribution in [0.25, 0.3) is 0 Å². The molecule has 2 aromatic carbocycles. The van der Waals surface area contributed by atoms with Gasteiger partial charge in [-0.1, -0.05) is 17.7 Å². The van der Waals surface area contributed by atoms with E-state index in [0.717, 1.165) is 5.56 Å². The van der Waals surface area contributed by atoms with E-state index >= 15 is 0 Å². The maximum absolute atomic E-state index is 13.2. The van der Waals surface area contributed by atoms with Crippen LogP contribution in [0, 0.1) is 17.1 Å². The standard InChI is InChI=1S/C16H14ClFN2O/c1-10(20)11-3-5-16(15(17)7-11)21-9-13-6-14(18)4-2-12(13)8-19/h2-7,10H,9,20H2,1H3/t10-/m0/s1. The van der Waals surface area contributed by atoms with Gasteiger partial charge in [-0.2, -0.15) is 5.26 Å². The van der Waals surface area contributed by atoms with E-state index in [9.17, 15) is 4.39 Å². The number of halogens is 2. The Balaban J connectivity index is 2.17. The number of ether oxygens (including phenoxy) is 1. The minimum Gasteiger partial charge on any atom is -0.487 e. The molecule has 21 heavy (non-hydrogen) atoms. The fourth-order valence-electron chi connectivity index (χ4n) is 1.86. The molecule has 3 nitrogen and oxygen atoms in total. The van der Waals surface area contributed by atoms with Crippen LogP contribution in [0.3, 0.4) is 0 Å². The van der Waals surface area contributed by atoms with Crippen molar-refractivity contribution < 1.29 is 9.13 Å². The summed E-state index contributed by atoms with van der Waals surface area (Å²) in [5.74, 6) is 0.0558. The van der Waals surface area contributed by atoms with E-state index in [1.807, 2.05) is 19.1 Å². The summed E-state index contributed by atoms with van der Waals surface area (Å²) in [6.07, 6.45) is 0. The lowest BCUT2D eigenvalue weighted by Crippen LogP contribution is -2.05. The van der Waals surface area contributed by atoms with Gasteiger partial charge in [0.2, 0.25) is 0 Å². The fraction of sp³-hybridized carbons (Fsp3) is 0.188. The lowest BCUT2D eigenvalue weighted by atomic mass is 10.1. The highest BCUT2D eigenvalue weighted by Crippen LogP contribution is 2.28. The Morgan fingerprint density at radius 1 is 1.33 bits per heavy atom. The predicted molar refractivity (Wildman–Crippen MR) is 79.5 cm³/mol. The van der Waals surface area contributed by atoms with Crippen molar-refractivity contribution in [2.75, 3.05) is 0 Å². The number of hydrogen-bond donors (Lipinski definition) is 1. The van der Waals surface area contributed by atoms with Crippen LogP contribution in [0.1, 0.15) is 29.7 Å². The number of rotatable bonds is 4. The maximum atomic E-state index is 13.2. The Bertz CT molecular complexity index is 695. The number of nitrogens with two attached hydrogens (primary N) is 1. The molecule has 0 fully saturated rings. The number of nitrogens with zero attached hydrogens (tertiary/aromatic N) is 1. The van der Waals surface area contributed by atoms with E-state index in [1.54, 1.807) is 12.1 Å². The first-order chi connectivity index (χ1) is 10.0. The highest BCUT2D eigenvalue weighted by atomic mass is 35.5. The van der Waals surface area contributed by atoms with Gasteiger partial charge >= 0.3 is 0 Å².